The molecule has 0 rings (SSSR count). The van der Waals surface area contributed by atoms with Crippen LogP contribution in [0.4, 0.5) is 0 Å². The van der Waals surface area contributed by atoms with E-state index in [1.807, 2.05) is 0 Å². The predicted molar refractivity (Wildman–Crippen MR) is 75.7 cm³/mol. The van der Waals surface area contributed by atoms with Gasteiger partial charge in [-0.25, -0.2) is 12.7 Å². The van der Waals surface area contributed by atoms with E-state index in [0.717, 1.165) is 4.31 Å². The fourth-order valence-electron chi connectivity index (χ4n) is 1.42. The lowest BCUT2D eigenvalue weighted by Gasteiger charge is -2.28. The lowest BCUT2D eigenvalue weighted by atomic mass is 9.76. The third kappa shape index (κ3) is 5.09. The van der Waals surface area contributed by atoms with Gasteiger partial charge in [0.1, 0.15) is 0 Å². The Morgan fingerprint density at radius 2 is 1.80 bits per heavy atom. The number of rotatable bonds is 8. The predicted octanol–water partition coefficient (Wildman–Crippen LogP) is 0.131. The van der Waals surface area contributed by atoms with E-state index in [4.69, 9.17) is 0 Å². The van der Waals surface area contributed by atoms with Gasteiger partial charge >= 0.3 is 5.97 Å². The average Bonchev–Trinajstić information content (AvgIpc) is 2.27. The van der Waals surface area contributed by atoms with E-state index < -0.39 is 27.3 Å². The summed E-state index contributed by atoms with van der Waals surface area (Å²) in [7, 11) is -0.540. The van der Waals surface area contributed by atoms with Gasteiger partial charge in [0.05, 0.1) is 11.2 Å². The molecule has 1 amide bonds. The van der Waals surface area contributed by atoms with Crippen LogP contribution in [0, 0.1) is 11.3 Å². The van der Waals surface area contributed by atoms with Crippen LogP contribution in [0.25, 0.3) is 0 Å². The van der Waals surface area contributed by atoms with Crippen molar-refractivity contribution in [2.45, 2.75) is 27.2 Å². The van der Waals surface area contributed by atoms with Crippen molar-refractivity contribution < 1.29 is 23.1 Å². The third-order valence-corrected chi connectivity index (χ3v) is 5.36. The summed E-state index contributed by atoms with van der Waals surface area (Å²) in [5.74, 6) is -1.92. The molecule has 1 unspecified atom stereocenters. The monoisotopic (exact) mass is 308 g/mol. The fourth-order valence-corrected chi connectivity index (χ4v) is 2.15. The fraction of sp³-hybridized carbons (Fsp3) is 0.833. The summed E-state index contributed by atoms with van der Waals surface area (Å²) in [6.45, 7) is 4.94. The molecular formula is C12H24N2O5S. The first-order valence-corrected chi connectivity index (χ1v) is 7.94. The highest BCUT2D eigenvalue weighted by Crippen LogP contribution is 2.31. The molecule has 0 aliphatic heterocycles. The van der Waals surface area contributed by atoms with Crippen LogP contribution in [-0.2, 0) is 19.6 Å². The van der Waals surface area contributed by atoms with E-state index in [9.17, 15) is 23.1 Å². The zero-order chi connectivity index (χ0) is 16.1. The molecule has 0 radical (unpaired) electrons. The highest BCUT2D eigenvalue weighted by Gasteiger charge is 2.38. The van der Waals surface area contributed by atoms with Crippen molar-refractivity contribution in [3.8, 4) is 0 Å². The molecule has 0 aliphatic rings. The molecule has 0 saturated carbocycles. The molecule has 0 aromatic heterocycles. The van der Waals surface area contributed by atoms with Crippen LogP contribution >= 0.6 is 0 Å². The molecular weight excluding hydrogens is 284 g/mol. The smallest absolute Gasteiger partial charge is 0.310 e. The Bertz CT molecular complexity index is 458. The Labute approximate surface area is 120 Å². The van der Waals surface area contributed by atoms with E-state index in [-0.39, 0.29) is 24.6 Å². The normalized spacial score (nSPS) is 15.2. The van der Waals surface area contributed by atoms with E-state index in [2.05, 4.69) is 5.32 Å². The van der Waals surface area contributed by atoms with Gasteiger partial charge in [-0.1, -0.05) is 13.8 Å². The summed E-state index contributed by atoms with van der Waals surface area (Å²) in [6.07, 6.45) is -0.179. The molecule has 1 atom stereocenters. The largest absolute Gasteiger partial charge is 0.481 e. The summed E-state index contributed by atoms with van der Waals surface area (Å²) >= 11 is 0. The number of aliphatic carboxylic acids is 1. The molecule has 0 saturated heterocycles. The number of hydrogen-bond donors (Lipinski definition) is 2. The van der Waals surface area contributed by atoms with Gasteiger partial charge < -0.3 is 10.4 Å². The van der Waals surface area contributed by atoms with Gasteiger partial charge in [-0.2, -0.15) is 0 Å². The standard InChI is InChI=1S/C12H24N2O5S/c1-9(2)12(3,11(16)17)8-10(15)13-6-7-20(18,19)14(4)5/h9H,6-8H2,1-5H3,(H,13,15)(H,16,17). The molecule has 20 heavy (non-hydrogen) atoms. The van der Waals surface area contributed by atoms with Crippen LogP contribution in [0.1, 0.15) is 27.2 Å². The minimum atomic E-state index is -3.37. The maximum absolute atomic E-state index is 11.7. The average molecular weight is 308 g/mol. The van der Waals surface area contributed by atoms with Crippen molar-refractivity contribution in [3.05, 3.63) is 0 Å². The lowest BCUT2D eigenvalue weighted by Crippen LogP contribution is -2.40. The maximum Gasteiger partial charge on any atom is 0.310 e. The Morgan fingerprint density at radius 3 is 2.15 bits per heavy atom. The number of carboxylic acid groups (broad SMARTS) is 1. The molecule has 0 bridgehead atoms. The van der Waals surface area contributed by atoms with E-state index in [1.54, 1.807) is 13.8 Å². The summed E-state index contributed by atoms with van der Waals surface area (Å²) in [4.78, 5) is 23.0. The number of nitrogens with zero attached hydrogens (tertiary/aromatic N) is 1. The summed E-state index contributed by atoms with van der Waals surface area (Å²) < 4.78 is 24.1. The van der Waals surface area contributed by atoms with E-state index in [0.29, 0.717) is 0 Å². The van der Waals surface area contributed by atoms with Gasteiger partial charge in [-0.3, -0.25) is 9.59 Å². The third-order valence-electron chi connectivity index (χ3n) is 3.53. The van der Waals surface area contributed by atoms with Crippen molar-refractivity contribution >= 4 is 21.9 Å². The van der Waals surface area contributed by atoms with Gasteiger partial charge in [0, 0.05) is 27.1 Å². The quantitative estimate of drug-likeness (QED) is 0.663. The zero-order valence-electron chi connectivity index (χ0n) is 12.6. The van der Waals surface area contributed by atoms with Gasteiger partial charge in [0.15, 0.2) is 0 Å². The first kappa shape index (κ1) is 18.9. The molecule has 8 heteroatoms. The van der Waals surface area contributed by atoms with Crippen molar-refractivity contribution in [1.82, 2.24) is 9.62 Å². The second-order valence-corrected chi connectivity index (χ2v) is 7.80. The van der Waals surface area contributed by atoms with Crippen LogP contribution in [0.2, 0.25) is 0 Å². The number of sulfonamides is 1. The highest BCUT2D eigenvalue weighted by molar-refractivity contribution is 7.89. The molecule has 2 N–H and O–H groups in total. The summed E-state index contributed by atoms with van der Waals surface area (Å²) in [5.41, 5.74) is -1.16. The molecule has 118 valence electrons. The first-order chi connectivity index (χ1) is 8.93. The Hall–Kier alpha value is -1.15. The number of carbonyl (C=O) groups excluding carboxylic acids is 1. The van der Waals surface area contributed by atoms with Crippen molar-refractivity contribution in [2.24, 2.45) is 11.3 Å². The molecule has 0 aromatic carbocycles. The maximum atomic E-state index is 11.7. The topological polar surface area (TPSA) is 104 Å². The second kappa shape index (κ2) is 7.03. The van der Waals surface area contributed by atoms with Gasteiger partial charge in [-0.15, -0.1) is 0 Å². The zero-order valence-corrected chi connectivity index (χ0v) is 13.5. The van der Waals surface area contributed by atoms with Gasteiger partial charge in [0.25, 0.3) is 0 Å². The van der Waals surface area contributed by atoms with Gasteiger partial charge in [0.2, 0.25) is 15.9 Å². The van der Waals surface area contributed by atoms with Gasteiger partial charge in [-0.05, 0) is 12.8 Å². The van der Waals surface area contributed by atoms with E-state index in [1.165, 1.54) is 21.0 Å². The minimum Gasteiger partial charge on any atom is -0.481 e. The first-order valence-electron chi connectivity index (χ1n) is 6.33. The second-order valence-electron chi connectivity index (χ2n) is 5.50. The van der Waals surface area contributed by atoms with Crippen molar-refractivity contribution in [3.63, 3.8) is 0 Å². The molecule has 0 spiro atoms. The summed E-state index contributed by atoms with van der Waals surface area (Å²) in [5, 5.41) is 11.6. The number of carbonyl (C=O) groups is 2. The highest BCUT2D eigenvalue weighted by atomic mass is 32.2. The number of nitrogens with one attached hydrogen (secondary N) is 1. The molecule has 0 heterocycles. The minimum absolute atomic E-state index is 0.0346. The van der Waals surface area contributed by atoms with Crippen molar-refractivity contribution in [2.75, 3.05) is 26.4 Å². The van der Waals surface area contributed by atoms with Crippen LogP contribution < -0.4 is 5.32 Å². The number of hydrogen-bond acceptors (Lipinski definition) is 4. The molecule has 0 fully saturated rings. The molecule has 0 aliphatic carbocycles. The Morgan fingerprint density at radius 1 is 1.30 bits per heavy atom. The Kier molecular flexibility index (Phi) is 6.63. The van der Waals surface area contributed by atoms with E-state index >= 15 is 0 Å². The Balaban J connectivity index is 4.48. The lowest BCUT2D eigenvalue weighted by molar-refractivity contribution is -0.153. The number of carboxylic acids is 1. The SMILES string of the molecule is CC(C)C(C)(CC(=O)NCCS(=O)(=O)N(C)C)C(=O)O. The molecule has 0 aromatic rings. The van der Waals surface area contributed by atoms with Crippen molar-refractivity contribution in [1.29, 1.82) is 0 Å². The van der Waals surface area contributed by atoms with Crippen LogP contribution in [0.3, 0.4) is 0 Å². The van der Waals surface area contributed by atoms with Crippen LogP contribution in [-0.4, -0.2) is 56.1 Å². The van der Waals surface area contributed by atoms with Crippen LogP contribution in [0.5, 0.6) is 0 Å². The summed E-state index contributed by atoms with van der Waals surface area (Å²) in [6, 6.07) is 0. The molecule has 7 nitrogen and oxygen atoms in total. The number of amides is 1. The van der Waals surface area contributed by atoms with Crippen LogP contribution in [0.15, 0.2) is 0 Å².